The predicted octanol–water partition coefficient (Wildman–Crippen LogP) is 3.80. The lowest BCUT2D eigenvalue weighted by Crippen LogP contribution is -2.30. The summed E-state index contributed by atoms with van der Waals surface area (Å²) < 4.78 is 0.766. The topological polar surface area (TPSA) is 20.3 Å². The van der Waals surface area contributed by atoms with Crippen LogP contribution in [0.1, 0.15) is 51.9 Å². The molecule has 0 bridgehead atoms. The van der Waals surface area contributed by atoms with Gasteiger partial charge in [0.15, 0.2) is 0 Å². The van der Waals surface area contributed by atoms with E-state index in [1.54, 1.807) is 16.7 Å². The Kier molecular flexibility index (Phi) is 7.86. The van der Waals surface area contributed by atoms with Crippen molar-refractivity contribution < 1.29 is 4.79 Å². The largest absolute Gasteiger partial charge is 0.297 e. The summed E-state index contributed by atoms with van der Waals surface area (Å²) in [5.41, 5.74) is 0. The van der Waals surface area contributed by atoms with E-state index in [1.165, 1.54) is 25.7 Å². The van der Waals surface area contributed by atoms with E-state index in [0.29, 0.717) is 6.42 Å². The minimum absolute atomic E-state index is 0.210. The zero-order valence-corrected chi connectivity index (χ0v) is 12.2. The summed E-state index contributed by atoms with van der Waals surface area (Å²) in [6.07, 6.45) is 10.1. The van der Waals surface area contributed by atoms with Crippen molar-refractivity contribution in [3.8, 4) is 0 Å². The SMILES string of the molecule is CCCCC[CH]CCCC(=O)N1CCSC1=S. The lowest BCUT2D eigenvalue weighted by atomic mass is 10.1. The highest BCUT2D eigenvalue weighted by molar-refractivity contribution is 8.23. The summed E-state index contributed by atoms with van der Waals surface area (Å²) in [5, 5.41) is 0. The molecule has 1 rings (SSSR count). The van der Waals surface area contributed by atoms with Gasteiger partial charge in [-0.25, -0.2) is 0 Å². The van der Waals surface area contributed by atoms with E-state index >= 15 is 0 Å². The predicted molar refractivity (Wildman–Crippen MR) is 79.1 cm³/mol. The van der Waals surface area contributed by atoms with E-state index in [1.807, 2.05) is 0 Å². The maximum absolute atomic E-state index is 11.8. The maximum Gasteiger partial charge on any atom is 0.228 e. The summed E-state index contributed by atoms with van der Waals surface area (Å²) in [7, 11) is 0. The number of carbonyl (C=O) groups is 1. The van der Waals surface area contributed by atoms with Crippen molar-refractivity contribution in [2.45, 2.75) is 51.9 Å². The van der Waals surface area contributed by atoms with Crippen molar-refractivity contribution in [3.05, 3.63) is 6.42 Å². The molecule has 0 aromatic rings. The van der Waals surface area contributed by atoms with Crippen LogP contribution in [0.4, 0.5) is 0 Å². The molecule has 1 fully saturated rings. The zero-order chi connectivity index (χ0) is 12.5. The second-order valence-corrected chi connectivity index (χ2v) is 6.07. The van der Waals surface area contributed by atoms with Crippen LogP contribution in [0.2, 0.25) is 0 Å². The smallest absolute Gasteiger partial charge is 0.228 e. The average Bonchev–Trinajstić information content (AvgIpc) is 2.74. The molecule has 0 atom stereocenters. The highest BCUT2D eigenvalue weighted by Crippen LogP contribution is 2.19. The molecule has 0 aromatic heterocycles. The first-order chi connectivity index (χ1) is 8.25. The quantitative estimate of drug-likeness (QED) is 0.495. The van der Waals surface area contributed by atoms with E-state index < -0.39 is 0 Å². The molecule has 4 heteroatoms. The number of hydrogen-bond donors (Lipinski definition) is 0. The first-order valence-electron chi connectivity index (χ1n) is 6.54. The summed E-state index contributed by atoms with van der Waals surface area (Å²) in [6, 6.07) is 0. The second kappa shape index (κ2) is 8.92. The van der Waals surface area contributed by atoms with Crippen LogP contribution in [0.15, 0.2) is 0 Å². The molecule has 97 valence electrons. The van der Waals surface area contributed by atoms with Gasteiger partial charge < -0.3 is 0 Å². The Bertz CT molecular complexity index is 256. The van der Waals surface area contributed by atoms with Crippen LogP contribution < -0.4 is 0 Å². The van der Waals surface area contributed by atoms with Crippen molar-refractivity contribution in [3.63, 3.8) is 0 Å². The second-order valence-electron chi connectivity index (χ2n) is 4.34. The molecule has 1 amide bonds. The number of thiocarbonyl (C=S) groups is 1. The van der Waals surface area contributed by atoms with Gasteiger partial charge in [0.25, 0.3) is 0 Å². The molecule has 17 heavy (non-hydrogen) atoms. The number of thioether (sulfide) groups is 1. The van der Waals surface area contributed by atoms with Crippen LogP contribution in [0.5, 0.6) is 0 Å². The molecule has 0 unspecified atom stereocenters. The van der Waals surface area contributed by atoms with Gasteiger partial charge in [0, 0.05) is 18.7 Å². The van der Waals surface area contributed by atoms with Gasteiger partial charge in [0.2, 0.25) is 5.91 Å². The average molecular weight is 272 g/mol. The Hall–Kier alpha value is -0.0900. The highest BCUT2D eigenvalue weighted by Gasteiger charge is 2.22. The number of unbranched alkanes of at least 4 members (excludes halogenated alkanes) is 6. The fraction of sp³-hybridized carbons (Fsp3) is 0.769. The first-order valence-corrected chi connectivity index (χ1v) is 7.94. The summed E-state index contributed by atoms with van der Waals surface area (Å²) in [4.78, 5) is 13.6. The Morgan fingerprint density at radius 1 is 1.41 bits per heavy atom. The molecule has 0 N–H and O–H groups in total. The monoisotopic (exact) mass is 272 g/mol. The molecule has 1 radical (unpaired) electrons. The number of carbonyl (C=O) groups excluding carboxylic acids is 1. The van der Waals surface area contributed by atoms with E-state index in [0.717, 1.165) is 29.5 Å². The van der Waals surface area contributed by atoms with Gasteiger partial charge >= 0.3 is 0 Å². The van der Waals surface area contributed by atoms with Gasteiger partial charge in [-0.2, -0.15) is 0 Å². The van der Waals surface area contributed by atoms with Gasteiger partial charge in [-0.1, -0.05) is 56.6 Å². The van der Waals surface area contributed by atoms with Gasteiger partial charge in [-0.15, -0.1) is 0 Å². The molecule has 0 aliphatic carbocycles. The molecular weight excluding hydrogens is 250 g/mol. The van der Waals surface area contributed by atoms with Crippen molar-refractivity contribution in [1.82, 2.24) is 4.90 Å². The van der Waals surface area contributed by atoms with Gasteiger partial charge in [0.05, 0.1) is 0 Å². The Morgan fingerprint density at radius 3 is 2.82 bits per heavy atom. The maximum atomic E-state index is 11.8. The van der Waals surface area contributed by atoms with Gasteiger partial charge in [-0.05, 0) is 19.3 Å². The van der Waals surface area contributed by atoms with Crippen LogP contribution in [-0.4, -0.2) is 27.4 Å². The van der Waals surface area contributed by atoms with Gasteiger partial charge in [-0.3, -0.25) is 9.69 Å². The third kappa shape index (κ3) is 5.87. The summed E-state index contributed by atoms with van der Waals surface area (Å²) in [6.45, 7) is 3.03. The Labute approximate surface area is 115 Å². The van der Waals surface area contributed by atoms with Crippen LogP contribution >= 0.6 is 24.0 Å². The molecule has 1 heterocycles. The fourth-order valence-electron chi connectivity index (χ4n) is 1.84. The molecule has 1 saturated heterocycles. The van der Waals surface area contributed by atoms with Crippen LogP contribution in [-0.2, 0) is 4.79 Å². The molecule has 1 aliphatic heterocycles. The Morgan fingerprint density at radius 2 is 2.18 bits per heavy atom. The van der Waals surface area contributed by atoms with Crippen LogP contribution in [0.3, 0.4) is 0 Å². The van der Waals surface area contributed by atoms with Crippen LogP contribution in [0, 0.1) is 6.42 Å². The molecule has 0 spiro atoms. The van der Waals surface area contributed by atoms with Crippen molar-refractivity contribution in [1.29, 1.82) is 0 Å². The molecule has 0 aromatic carbocycles. The lowest BCUT2D eigenvalue weighted by Gasteiger charge is -2.14. The van der Waals surface area contributed by atoms with Crippen molar-refractivity contribution in [2.75, 3.05) is 12.3 Å². The summed E-state index contributed by atoms with van der Waals surface area (Å²) in [5.74, 6) is 1.18. The lowest BCUT2D eigenvalue weighted by molar-refractivity contribution is -0.126. The fourth-order valence-corrected chi connectivity index (χ4v) is 3.08. The van der Waals surface area contributed by atoms with Crippen molar-refractivity contribution in [2.24, 2.45) is 0 Å². The third-order valence-corrected chi connectivity index (χ3v) is 4.30. The normalized spacial score (nSPS) is 15.6. The minimum Gasteiger partial charge on any atom is -0.297 e. The number of nitrogens with zero attached hydrogens (tertiary/aromatic N) is 1. The highest BCUT2D eigenvalue weighted by atomic mass is 32.2. The minimum atomic E-state index is 0.210. The van der Waals surface area contributed by atoms with E-state index in [2.05, 4.69) is 13.3 Å². The molecule has 2 nitrogen and oxygen atoms in total. The number of amides is 1. The first kappa shape index (κ1) is 15.0. The molecular formula is C13H22NOS2. The third-order valence-electron chi connectivity index (χ3n) is 2.87. The van der Waals surface area contributed by atoms with Crippen molar-refractivity contribution >= 4 is 34.2 Å². The zero-order valence-electron chi connectivity index (χ0n) is 10.6. The van der Waals surface area contributed by atoms with E-state index in [4.69, 9.17) is 12.2 Å². The number of rotatable bonds is 8. The molecule has 0 saturated carbocycles. The number of hydrogen-bond acceptors (Lipinski definition) is 3. The van der Waals surface area contributed by atoms with Crippen LogP contribution in [0.25, 0.3) is 0 Å². The van der Waals surface area contributed by atoms with Gasteiger partial charge in [0.1, 0.15) is 4.32 Å². The summed E-state index contributed by atoms with van der Waals surface area (Å²) >= 11 is 6.74. The van der Waals surface area contributed by atoms with E-state index in [-0.39, 0.29) is 5.91 Å². The Balaban J connectivity index is 1.99. The standard InChI is InChI=1S/C13H22NOS2/c1-2-3-4-5-6-7-8-9-12(15)14-10-11-17-13(14)16/h6H,2-5,7-11H2,1H3. The molecule has 1 aliphatic rings. The van der Waals surface area contributed by atoms with E-state index in [9.17, 15) is 4.79 Å².